The molecule has 8 atom stereocenters. The molecule has 3 aromatic carbocycles. The Balaban J connectivity index is 1.21. The predicted octanol–water partition coefficient (Wildman–Crippen LogP) is 2.45. The maximum Gasteiger partial charge on any atom is 0.255 e. The van der Waals surface area contributed by atoms with Crippen molar-refractivity contribution in [2.75, 3.05) is 20.8 Å². The number of ketones is 4. The molecule has 14 heteroatoms. The van der Waals surface area contributed by atoms with E-state index in [0.29, 0.717) is 30.5 Å². The topological polar surface area (TPSA) is 218 Å². The maximum absolute atomic E-state index is 14.5. The number of allylic oxidation sites excluding steroid dienone is 2. The van der Waals surface area contributed by atoms with Crippen LogP contribution < -0.4 is 10.6 Å². The van der Waals surface area contributed by atoms with Crippen molar-refractivity contribution in [3.63, 3.8) is 0 Å². The van der Waals surface area contributed by atoms with Gasteiger partial charge < -0.3 is 45.3 Å². The number of ether oxygens (including phenoxy) is 3. The summed E-state index contributed by atoms with van der Waals surface area (Å²) in [5.74, 6) is -8.23. The van der Waals surface area contributed by atoms with Crippen LogP contribution >= 0.6 is 0 Å². The van der Waals surface area contributed by atoms with Crippen molar-refractivity contribution in [3.8, 4) is 11.5 Å². The molecule has 6 N–H and O–H groups in total. The van der Waals surface area contributed by atoms with E-state index in [0.717, 1.165) is 17.7 Å². The number of Topliss-reactive ketones (excluding diaryl/α,β-unsaturated/α-hetero) is 3. The van der Waals surface area contributed by atoms with Gasteiger partial charge in [0.25, 0.3) is 5.91 Å². The maximum atomic E-state index is 14.5. The van der Waals surface area contributed by atoms with Crippen LogP contribution in [-0.4, -0.2) is 107 Å². The van der Waals surface area contributed by atoms with Crippen LogP contribution in [0.4, 0.5) is 0 Å². The van der Waals surface area contributed by atoms with Gasteiger partial charge in [-0.25, -0.2) is 0 Å². The minimum Gasteiger partial charge on any atom is -0.507 e. The quantitative estimate of drug-likeness (QED) is 0.173. The lowest BCUT2D eigenvalue weighted by Crippen LogP contribution is -2.62. The molecule has 55 heavy (non-hydrogen) atoms. The van der Waals surface area contributed by atoms with Crippen molar-refractivity contribution in [1.29, 1.82) is 0 Å². The van der Waals surface area contributed by atoms with Crippen LogP contribution in [0.1, 0.15) is 93.3 Å². The van der Waals surface area contributed by atoms with E-state index in [-0.39, 0.29) is 34.4 Å². The minimum atomic E-state index is -1.47. The minimum absolute atomic E-state index is 0.00305. The molecular weight excluding hydrogens is 712 g/mol. The summed E-state index contributed by atoms with van der Waals surface area (Å²) in [4.78, 5) is 69.7. The molecule has 288 valence electrons. The van der Waals surface area contributed by atoms with Crippen molar-refractivity contribution in [2.45, 2.75) is 75.8 Å². The van der Waals surface area contributed by atoms with E-state index >= 15 is 0 Å². The number of rotatable bonds is 9. The number of amides is 1. The van der Waals surface area contributed by atoms with Gasteiger partial charge in [0.1, 0.15) is 29.8 Å². The van der Waals surface area contributed by atoms with Gasteiger partial charge in [-0.15, -0.1) is 0 Å². The van der Waals surface area contributed by atoms with Gasteiger partial charge in [0.05, 0.1) is 46.4 Å². The van der Waals surface area contributed by atoms with Crippen molar-refractivity contribution in [3.05, 3.63) is 104 Å². The number of hydrogen-bond donors (Lipinski definition) is 6. The molecule has 2 unspecified atom stereocenters. The molecule has 3 aromatic rings. The number of fused-ring (bicyclic) bond motifs is 5. The van der Waals surface area contributed by atoms with Gasteiger partial charge in [0.2, 0.25) is 5.78 Å². The van der Waals surface area contributed by atoms with Crippen molar-refractivity contribution in [2.24, 2.45) is 5.92 Å². The number of phenols is 2. The molecule has 4 aliphatic rings. The lowest BCUT2D eigenvalue weighted by molar-refractivity contribution is -0.236. The smallest absolute Gasteiger partial charge is 0.255 e. The Morgan fingerprint density at radius 1 is 0.927 bits per heavy atom. The first-order chi connectivity index (χ1) is 26.3. The van der Waals surface area contributed by atoms with Crippen LogP contribution in [0.5, 0.6) is 11.5 Å². The fraction of sp³-hybridized carbons (Fsp3) is 0.390. The van der Waals surface area contributed by atoms with Gasteiger partial charge in [0, 0.05) is 43.5 Å². The third-order valence-corrected chi connectivity index (χ3v) is 11.2. The number of nitrogens with one attached hydrogen (secondary N) is 2. The van der Waals surface area contributed by atoms with E-state index in [9.17, 15) is 44.4 Å². The SMILES string of the molecule is CO[C@@H]1[C@@H](O)[C@@H](OC)[C@@H](NC2=CC(=O)c3c(cc4c(c3O)C(=O)C3C(C4=O)c4c(cc(C)c(C(=O)NCCCc5ccccc5)c4O)C[C@H]3O)C2=O)O[C@H]1C. The third kappa shape index (κ3) is 6.33. The number of hydrogen-bond acceptors (Lipinski definition) is 13. The number of carbonyl (C=O) groups is 5. The largest absolute Gasteiger partial charge is 0.507 e. The number of aliphatic hydroxyl groups excluding tert-OH is 2. The number of carbonyl (C=O) groups excluding carboxylic acids is 5. The zero-order valence-corrected chi connectivity index (χ0v) is 30.6. The Hall–Kier alpha value is -5.25. The summed E-state index contributed by atoms with van der Waals surface area (Å²) in [5.41, 5.74) is -0.256. The zero-order chi connectivity index (χ0) is 39.5. The van der Waals surface area contributed by atoms with E-state index in [1.807, 2.05) is 30.3 Å². The molecule has 0 spiro atoms. The summed E-state index contributed by atoms with van der Waals surface area (Å²) in [5, 5.41) is 50.9. The second-order valence-electron chi connectivity index (χ2n) is 14.5. The number of methoxy groups -OCH3 is 2. The highest BCUT2D eigenvalue weighted by Gasteiger charge is 2.53. The van der Waals surface area contributed by atoms with Crippen LogP contribution in [-0.2, 0) is 27.1 Å². The van der Waals surface area contributed by atoms with Crippen molar-refractivity contribution >= 4 is 29.0 Å². The summed E-state index contributed by atoms with van der Waals surface area (Å²) in [6, 6.07) is 12.4. The number of phenolic OH excluding ortho intramolecular Hbond substituents is 2. The van der Waals surface area contributed by atoms with Crippen LogP contribution in [0.25, 0.3) is 0 Å². The first kappa shape index (κ1) is 38.0. The van der Waals surface area contributed by atoms with E-state index < -0.39 is 100 Å². The molecule has 14 nitrogen and oxygen atoms in total. The predicted molar refractivity (Wildman–Crippen MR) is 194 cm³/mol. The second kappa shape index (κ2) is 14.8. The number of aryl methyl sites for hydroxylation is 2. The lowest BCUT2D eigenvalue weighted by atomic mass is 9.62. The molecule has 1 heterocycles. The fourth-order valence-electron chi connectivity index (χ4n) is 8.58. The summed E-state index contributed by atoms with van der Waals surface area (Å²) in [6.07, 6.45) is -4.03. The van der Waals surface area contributed by atoms with E-state index in [4.69, 9.17) is 14.2 Å². The lowest BCUT2D eigenvalue weighted by Gasteiger charge is -2.43. The Labute approximate surface area is 316 Å². The normalized spacial score (nSPS) is 27.1. The van der Waals surface area contributed by atoms with Crippen molar-refractivity contribution < 1.29 is 58.6 Å². The number of benzene rings is 3. The molecule has 3 aliphatic carbocycles. The third-order valence-electron chi connectivity index (χ3n) is 11.2. The molecule has 7 rings (SSSR count). The van der Waals surface area contributed by atoms with Gasteiger partial charge in [-0.3, -0.25) is 24.0 Å². The molecule has 1 saturated heterocycles. The Kier molecular flexibility index (Phi) is 10.2. The monoisotopic (exact) mass is 754 g/mol. The summed E-state index contributed by atoms with van der Waals surface area (Å²) in [7, 11) is 2.73. The second-order valence-corrected chi connectivity index (χ2v) is 14.5. The molecule has 0 saturated carbocycles. The van der Waals surface area contributed by atoms with E-state index in [1.165, 1.54) is 14.2 Å². The van der Waals surface area contributed by atoms with Gasteiger partial charge >= 0.3 is 0 Å². The van der Waals surface area contributed by atoms with Crippen LogP contribution in [0, 0.1) is 12.8 Å². The summed E-state index contributed by atoms with van der Waals surface area (Å²) < 4.78 is 16.7. The molecule has 1 aliphatic heterocycles. The molecule has 0 radical (unpaired) electrons. The molecule has 1 amide bonds. The Bertz CT molecular complexity index is 2150. The number of aliphatic hydroxyl groups is 2. The average molecular weight is 755 g/mol. The van der Waals surface area contributed by atoms with Gasteiger partial charge in [0.15, 0.2) is 23.6 Å². The molecule has 0 bridgehead atoms. The standard InChI is InChI=1S/C41H42N2O12/c1-17-13-20-14-24(44)30-31(27(20)34(48)26(17)40(52)42-12-8-11-19-9-6-5-7-10-19)33(47)22-15-21-28(35(49)29(22)36(30)50)25(45)16-23(32(21)46)43-41-39(54-4)37(51)38(53-3)18(2)55-41/h5-7,9-10,13,15-16,18,24,30-31,37-39,41,43-44,48-49,51H,8,11-12,14H2,1-4H3,(H,42,52)/t18-,24+,30?,31?,37+,38-,39+,41-/m0/s1. The van der Waals surface area contributed by atoms with Crippen LogP contribution in [0.3, 0.4) is 0 Å². The molecule has 0 aromatic heterocycles. The van der Waals surface area contributed by atoms with Crippen LogP contribution in [0.15, 0.2) is 54.2 Å². The van der Waals surface area contributed by atoms with Gasteiger partial charge in [-0.1, -0.05) is 36.4 Å². The van der Waals surface area contributed by atoms with Crippen molar-refractivity contribution in [1.82, 2.24) is 10.6 Å². The number of aromatic hydroxyl groups is 2. The summed E-state index contributed by atoms with van der Waals surface area (Å²) in [6.45, 7) is 3.57. The van der Waals surface area contributed by atoms with E-state index in [1.54, 1.807) is 19.9 Å². The first-order valence-corrected chi connectivity index (χ1v) is 18.1. The highest BCUT2D eigenvalue weighted by atomic mass is 16.6. The summed E-state index contributed by atoms with van der Waals surface area (Å²) >= 11 is 0. The highest BCUT2D eigenvalue weighted by molar-refractivity contribution is 6.29. The Morgan fingerprint density at radius 3 is 2.33 bits per heavy atom. The van der Waals surface area contributed by atoms with Crippen LogP contribution in [0.2, 0.25) is 0 Å². The first-order valence-electron chi connectivity index (χ1n) is 18.1. The van der Waals surface area contributed by atoms with Gasteiger partial charge in [-0.2, -0.15) is 0 Å². The van der Waals surface area contributed by atoms with E-state index in [2.05, 4.69) is 10.6 Å². The Morgan fingerprint density at radius 2 is 1.64 bits per heavy atom. The highest BCUT2D eigenvalue weighted by Crippen LogP contribution is 2.51. The fourth-order valence-corrected chi connectivity index (χ4v) is 8.58. The average Bonchev–Trinajstić information content (AvgIpc) is 3.14. The zero-order valence-electron chi connectivity index (χ0n) is 30.6. The molecular formula is C41H42N2O12. The molecule has 1 fully saturated rings. The van der Waals surface area contributed by atoms with Gasteiger partial charge in [-0.05, 0) is 55.9 Å².